The second kappa shape index (κ2) is 9.08. The molecule has 7 nitrogen and oxygen atoms in total. The van der Waals surface area contributed by atoms with Crippen LogP contribution in [0, 0.1) is 0 Å². The van der Waals surface area contributed by atoms with Crippen molar-refractivity contribution in [2.45, 2.75) is 33.2 Å². The predicted octanol–water partition coefficient (Wildman–Crippen LogP) is 4.68. The van der Waals surface area contributed by atoms with Gasteiger partial charge in [-0.2, -0.15) is 9.78 Å². The zero-order valence-electron chi connectivity index (χ0n) is 18.1. The van der Waals surface area contributed by atoms with Crippen molar-refractivity contribution in [2.24, 2.45) is 5.10 Å². The Morgan fingerprint density at radius 3 is 2.75 bits per heavy atom. The SMILES string of the molecule is CCOC(=O)Cn1cc(C=Nn2c(C(C)C)nc3ccc(Br)cc3c2=O)c2ccccc21. The van der Waals surface area contributed by atoms with Crippen LogP contribution < -0.4 is 5.56 Å². The van der Waals surface area contributed by atoms with Crippen LogP contribution in [0.4, 0.5) is 0 Å². The largest absolute Gasteiger partial charge is 0.465 e. The highest BCUT2D eigenvalue weighted by Crippen LogP contribution is 2.21. The molecule has 164 valence electrons. The van der Waals surface area contributed by atoms with Gasteiger partial charge in [0.15, 0.2) is 0 Å². The fourth-order valence-electron chi connectivity index (χ4n) is 3.63. The van der Waals surface area contributed by atoms with Crippen LogP contribution in [0.3, 0.4) is 0 Å². The number of carbonyl (C=O) groups is 1. The molecule has 0 amide bonds. The maximum atomic E-state index is 13.2. The van der Waals surface area contributed by atoms with Gasteiger partial charge in [-0.05, 0) is 31.2 Å². The molecule has 4 aromatic rings. The Morgan fingerprint density at radius 2 is 2.00 bits per heavy atom. The van der Waals surface area contributed by atoms with Crippen LogP contribution >= 0.6 is 15.9 Å². The summed E-state index contributed by atoms with van der Waals surface area (Å²) in [5, 5.41) is 5.95. The molecule has 0 saturated heterocycles. The lowest BCUT2D eigenvalue weighted by Gasteiger charge is -2.11. The van der Waals surface area contributed by atoms with E-state index in [1.807, 2.05) is 61.0 Å². The van der Waals surface area contributed by atoms with E-state index in [0.29, 0.717) is 23.3 Å². The van der Waals surface area contributed by atoms with Crippen LogP contribution in [0.25, 0.3) is 21.8 Å². The average molecular weight is 495 g/mol. The molecule has 4 rings (SSSR count). The summed E-state index contributed by atoms with van der Waals surface area (Å²) in [6.45, 7) is 6.17. The fourth-order valence-corrected chi connectivity index (χ4v) is 3.99. The molecule has 0 N–H and O–H groups in total. The molecule has 0 bridgehead atoms. The van der Waals surface area contributed by atoms with Crippen molar-refractivity contribution in [3.63, 3.8) is 0 Å². The summed E-state index contributed by atoms with van der Waals surface area (Å²) in [6.07, 6.45) is 3.49. The molecule has 0 fully saturated rings. The zero-order valence-corrected chi connectivity index (χ0v) is 19.7. The molecular formula is C24H23BrN4O3. The number of fused-ring (bicyclic) bond motifs is 2. The summed E-state index contributed by atoms with van der Waals surface area (Å²) in [6, 6.07) is 13.2. The summed E-state index contributed by atoms with van der Waals surface area (Å²) in [5.41, 5.74) is 2.09. The molecule has 0 radical (unpaired) electrons. The molecule has 2 heterocycles. The number of esters is 1. The summed E-state index contributed by atoms with van der Waals surface area (Å²) in [7, 11) is 0. The van der Waals surface area contributed by atoms with Crippen LogP contribution in [0.1, 0.15) is 38.1 Å². The Bertz CT molecular complexity index is 1400. The first-order chi connectivity index (χ1) is 15.4. The van der Waals surface area contributed by atoms with Crippen molar-refractivity contribution >= 4 is 49.9 Å². The summed E-state index contributed by atoms with van der Waals surface area (Å²) in [4.78, 5) is 29.9. The second-order valence-corrected chi connectivity index (χ2v) is 8.60. The predicted molar refractivity (Wildman–Crippen MR) is 129 cm³/mol. The molecule has 0 aliphatic rings. The lowest BCUT2D eigenvalue weighted by Crippen LogP contribution is -2.23. The number of para-hydroxylation sites is 1. The van der Waals surface area contributed by atoms with E-state index in [2.05, 4.69) is 26.0 Å². The number of ether oxygens (including phenoxy) is 1. The second-order valence-electron chi connectivity index (χ2n) is 7.68. The molecule has 2 aromatic heterocycles. The molecule has 2 aromatic carbocycles. The number of hydrogen-bond donors (Lipinski definition) is 0. The molecule has 8 heteroatoms. The van der Waals surface area contributed by atoms with Crippen LogP contribution in [-0.2, 0) is 16.1 Å². The minimum atomic E-state index is -0.306. The zero-order chi connectivity index (χ0) is 22.8. The van der Waals surface area contributed by atoms with Crippen molar-refractivity contribution in [3.8, 4) is 0 Å². The number of carbonyl (C=O) groups excluding carboxylic acids is 1. The van der Waals surface area contributed by atoms with E-state index in [-0.39, 0.29) is 24.0 Å². The Morgan fingerprint density at radius 1 is 1.22 bits per heavy atom. The first-order valence-electron chi connectivity index (χ1n) is 10.4. The monoisotopic (exact) mass is 494 g/mol. The highest BCUT2D eigenvalue weighted by molar-refractivity contribution is 9.10. The highest BCUT2D eigenvalue weighted by Gasteiger charge is 2.15. The summed E-state index contributed by atoms with van der Waals surface area (Å²) < 4.78 is 9.08. The standard InChI is InChI=1S/C24H23BrN4O3/c1-4-32-22(30)14-28-13-16(18-7-5-6-8-21(18)28)12-26-29-23(15(2)3)27-20-10-9-17(25)11-19(20)24(29)31/h5-13,15H,4,14H2,1-3H3. The van der Waals surface area contributed by atoms with E-state index >= 15 is 0 Å². The van der Waals surface area contributed by atoms with E-state index in [9.17, 15) is 9.59 Å². The molecule has 0 atom stereocenters. The van der Waals surface area contributed by atoms with E-state index in [1.54, 1.807) is 19.2 Å². The third-order valence-electron chi connectivity index (χ3n) is 5.09. The van der Waals surface area contributed by atoms with Crippen molar-refractivity contribution < 1.29 is 9.53 Å². The maximum Gasteiger partial charge on any atom is 0.325 e. The first kappa shape index (κ1) is 22.0. The fraction of sp³-hybridized carbons (Fsp3) is 0.250. The smallest absolute Gasteiger partial charge is 0.325 e. The van der Waals surface area contributed by atoms with Gasteiger partial charge in [-0.3, -0.25) is 9.59 Å². The van der Waals surface area contributed by atoms with Gasteiger partial charge in [-0.25, -0.2) is 4.98 Å². The third kappa shape index (κ3) is 4.23. The molecular weight excluding hydrogens is 472 g/mol. The Hall–Kier alpha value is -3.26. The van der Waals surface area contributed by atoms with Crippen LogP contribution in [0.15, 0.2) is 63.0 Å². The molecule has 0 aliphatic heterocycles. The molecule has 0 unspecified atom stereocenters. The van der Waals surface area contributed by atoms with Crippen molar-refractivity contribution in [3.05, 3.63) is 74.9 Å². The van der Waals surface area contributed by atoms with Gasteiger partial charge < -0.3 is 9.30 Å². The highest BCUT2D eigenvalue weighted by atomic mass is 79.9. The van der Waals surface area contributed by atoms with Gasteiger partial charge in [0.05, 0.1) is 23.7 Å². The van der Waals surface area contributed by atoms with Gasteiger partial charge in [-0.1, -0.05) is 48.0 Å². The normalized spacial score (nSPS) is 11.8. The lowest BCUT2D eigenvalue weighted by atomic mass is 10.2. The maximum absolute atomic E-state index is 13.2. The number of aromatic nitrogens is 3. The lowest BCUT2D eigenvalue weighted by molar-refractivity contribution is -0.143. The van der Waals surface area contributed by atoms with E-state index < -0.39 is 0 Å². The number of nitrogens with zero attached hydrogens (tertiary/aromatic N) is 4. The Kier molecular flexibility index (Phi) is 6.23. The summed E-state index contributed by atoms with van der Waals surface area (Å²) >= 11 is 3.42. The van der Waals surface area contributed by atoms with Gasteiger partial charge in [0.2, 0.25) is 0 Å². The number of benzene rings is 2. The number of hydrogen-bond acceptors (Lipinski definition) is 5. The van der Waals surface area contributed by atoms with Gasteiger partial charge >= 0.3 is 5.97 Å². The molecule has 32 heavy (non-hydrogen) atoms. The minimum absolute atomic E-state index is 0.00180. The topological polar surface area (TPSA) is 78.5 Å². The molecule has 0 spiro atoms. The molecule has 0 aliphatic carbocycles. The van der Waals surface area contributed by atoms with Gasteiger partial charge in [0.25, 0.3) is 5.56 Å². The van der Waals surface area contributed by atoms with E-state index in [4.69, 9.17) is 4.74 Å². The quantitative estimate of drug-likeness (QED) is 0.288. The van der Waals surface area contributed by atoms with E-state index in [1.165, 1.54) is 4.68 Å². The minimum Gasteiger partial charge on any atom is -0.465 e. The van der Waals surface area contributed by atoms with Gasteiger partial charge in [0.1, 0.15) is 12.4 Å². The van der Waals surface area contributed by atoms with Crippen molar-refractivity contribution in [1.29, 1.82) is 0 Å². The van der Waals surface area contributed by atoms with Gasteiger partial charge in [-0.15, -0.1) is 0 Å². The summed E-state index contributed by atoms with van der Waals surface area (Å²) in [5.74, 6) is 0.272. The van der Waals surface area contributed by atoms with Gasteiger partial charge in [0, 0.05) is 33.1 Å². The first-order valence-corrected chi connectivity index (χ1v) is 11.2. The Balaban J connectivity index is 1.83. The van der Waals surface area contributed by atoms with Crippen molar-refractivity contribution in [1.82, 2.24) is 14.2 Å². The number of halogens is 1. The molecule has 0 saturated carbocycles. The van der Waals surface area contributed by atoms with Crippen LogP contribution in [-0.4, -0.2) is 33.0 Å². The Labute approximate surface area is 193 Å². The van der Waals surface area contributed by atoms with Crippen LogP contribution in [0.5, 0.6) is 0 Å². The third-order valence-corrected chi connectivity index (χ3v) is 5.58. The van der Waals surface area contributed by atoms with Crippen molar-refractivity contribution in [2.75, 3.05) is 6.61 Å². The van der Waals surface area contributed by atoms with E-state index in [0.717, 1.165) is 20.9 Å². The number of rotatable bonds is 6. The van der Waals surface area contributed by atoms with Crippen LogP contribution in [0.2, 0.25) is 0 Å². The average Bonchev–Trinajstić information content (AvgIpc) is 3.11.